The Morgan fingerprint density at radius 3 is 2.72 bits per heavy atom. The van der Waals surface area contributed by atoms with Crippen molar-refractivity contribution in [1.29, 1.82) is 0 Å². The zero-order valence-electron chi connectivity index (χ0n) is 10.1. The SMILES string of the molecule is CCOC(=O)Cc1ncc(C(F)F)c(N)c1OC. The van der Waals surface area contributed by atoms with Crippen LogP contribution >= 0.6 is 0 Å². The number of rotatable bonds is 5. The van der Waals surface area contributed by atoms with Gasteiger partial charge in [-0.3, -0.25) is 9.78 Å². The molecule has 0 radical (unpaired) electrons. The summed E-state index contributed by atoms with van der Waals surface area (Å²) in [5.41, 5.74) is 5.10. The summed E-state index contributed by atoms with van der Waals surface area (Å²) < 4.78 is 34.8. The maximum Gasteiger partial charge on any atom is 0.312 e. The topological polar surface area (TPSA) is 74.4 Å². The molecule has 1 aromatic heterocycles. The number of ether oxygens (including phenoxy) is 2. The summed E-state index contributed by atoms with van der Waals surface area (Å²) in [6.45, 7) is 1.89. The fourth-order valence-corrected chi connectivity index (χ4v) is 1.44. The Morgan fingerprint density at radius 1 is 1.56 bits per heavy atom. The van der Waals surface area contributed by atoms with E-state index in [9.17, 15) is 13.6 Å². The lowest BCUT2D eigenvalue weighted by Crippen LogP contribution is -2.12. The lowest BCUT2D eigenvalue weighted by atomic mass is 10.1. The molecule has 0 bridgehead atoms. The Hall–Kier alpha value is -1.92. The van der Waals surface area contributed by atoms with Crippen LogP contribution in [0.25, 0.3) is 0 Å². The first-order chi connectivity index (χ1) is 8.51. The molecule has 5 nitrogen and oxygen atoms in total. The molecule has 2 N–H and O–H groups in total. The predicted octanol–water partition coefficient (Wildman–Crippen LogP) is 1.72. The van der Waals surface area contributed by atoms with Gasteiger partial charge >= 0.3 is 5.97 Å². The van der Waals surface area contributed by atoms with Crippen LogP contribution in [-0.2, 0) is 16.0 Å². The highest BCUT2D eigenvalue weighted by molar-refractivity contribution is 5.74. The minimum Gasteiger partial charge on any atom is -0.493 e. The second-order valence-corrected chi connectivity index (χ2v) is 3.39. The molecule has 0 aliphatic heterocycles. The maximum absolute atomic E-state index is 12.6. The zero-order valence-corrected chi connectivity index (χ0v) is 10.1. The number of alkyl halides is 2. The second-order valence-electron chi connectivity index (χ2n) is 3.39. The van der Waals surface area contributed by atoms with Gasteiger partial charge in [0.25, 0.3) is 6.43 Å². The van der Waals surface area contributed by atoms with Gasteiger partial charge in [0, 0.05) is 6.20 Å². The van der Waals surface area contributed by atoms with Crippen molar-refractivity contribution in [3.05, 3.63) is 17.5 Å². The number of carbonyl (C=O) groups is 1. The van der Waals surface area contributed by atoms with Crippen LogP contribution in [-0.4, -0.2) is 24.7 Å². The van der Waals surface area contributed by atoms with E-state index >= 15 is 0 Å². The zero-order chi connectivity index (χ0) is 13.7. The molecule has 100 valence electrons. The summed E-state index contributed by atoms with van der Waals surface area (Å²) in [7, 11) is 1.28. The highest BCUT2D eigenvalue weighted by Crippen LogP contribution is 2.33. The molecule has 0 fully saturated rings. The van der Waals surface area contributed by atoms with Gasteiger partial charge in [-0.25, -0.2) is 8.78 Å². The van der Waals surface area contributed by atoms with Crippen LogP contribution in [0.3, 0.4) is 0 Å². The largest absolute Gasteiger partial charge is 0.493 e. The molecule has 1 aromatic rings. The number of methoxy groups -OCH3 is 1. The van der Waals surface area contributed by atoms with Crippen LogP contribution in [0.1, 0.15) is 24.6 Å². The fourth-order valence-electron chi connectivity index (χ4n) is 1.44. The number of esters is 1. The first-order valence-electron chi connectivity index (χ1n) is 5.26. The number of anilines is 1. The van der Waals surface area contributed by atoms with Crippen LogP contribution in [0, 0.1) is 0 Å². The van der Waals surface area contributed by atoms with Gasteiger partial charge in [-0.05, 0) is 6.92 Å². The number of hydrogen-bond donors (Lipinski definition) is 1. The van der Waals surface area contributed by atoms with Crippen molar-refractivity contribution in [3.63, 3.8) is 0 Å². The molecular weight excluding hydrogens is 246 g/mol. The highest BCUT2D eigenvalue weighted by atomic mass is 19.3. The van der Waals surface area contributed by atoms with Gasteiger partial charge in [-0.15, -0.1) is 0 Å². The summed E-state index contributed by atoms with van der Waals surface area (Å²) in [6.07, 6.45) is -1.98. The fraction of sp³-hybridized carbons (Fsp3) is 0.455. The third-order valence-corrected chi connectivity index (χ3v) is 2.23. The molecule has 0 aromatic carbocycles. The Balaban J connectivity index is 3.07. The standard InChI is InChI=1S/C11H14F2N2O3/c1-3-18-8(16)4-7-10(17-2)9(14)6(5-15-7)11(12)13/h5,11H,3-4H2,1-2H3,(H2,14,15). The third-order valence-electron chi connectivity index (χ3n) is 2.23. The van der Waals surface area contributed by atoms with Crippen LogP contribution in [0.4, 0.5) is 14.5 Å². The molecule has 0 saturated heterocycles. The molecule has 0 unspecified atom stereocenters. The lowest BCUT2D eigenvalue weighted by molar-refractivity contribution is -0.142. The first kappa shape index (κ1) is 14.1. The van der Waals surface area contributed by atoms with Gasteiger partial charge in [-0.1, -0.05) is 0 Å². The molecule has 0 atom stereocenters. The number of nitrogens with two attached hydrogens (primary N) is 1. The van der Waals surface area contributed by atoms with E-state index in [1.165, 1.54) is 7.11 Å². The van der Waals surface area contributed by atoms with Crippen molar-refractivity contribution in [2.75, 3.05) is 19.5 Å². The van der Waals surface area contributed by atoms with Crippen molar-refractivity contribution in [1.82, 2.24) is 4.98 Å². The summed E-state index contributed by atoms with van der Waals surface area (Å²) >= 11 is 0. The Kier molecular flexibility index (Phi) is 4.82. The monoisotopic (exact) mass is 260 g/mol. The molecule has 0 saturated carbocycles. The highest BCUT2D eigenvalue weighted by Gasteiger charge is 2.20. The molecule has 0 spiro atoms. The van der Waals surface area contributed by atoms with E-state index in [2.05, 4.69) is 4.98 Å². The molecule has 1 heterocycles. The average Bonchev–Trinajstić information content (AvgIpc) is 2.29. The first-order valence-corrected chi connectivity index (χ1v) is 5.26. The van der Waals surface area contributed by atoms with Gasteiger partial charge in [0.2, 0.25) is 0 Å². The third kappa shape index (κ3) is 3.06. The molecule has 18 heavy (non-hydrogen) atoms. The summed E-state index contributed by atoms with van der Waals surface area (Å²) in [5.74, 6) is -0.534. The van der Waals surface area contributed by atoms with E-state index in [4.69, 9.17) is 15.2 Å². The number of halogens is 2. The number of pyridine rings is 1. The number of hydrogen-bond acceptors (Lipinski definition) is 5. The number of aromatic nitrogens is 1. The van der Waals surface area contributed by atoms with Gasteiger partial charge in [0.05, 0.1) is 37.1 Å². The Labute approximate surface area is 103 Å². The molecule has 0 aliphatic carbocycles. The quantitative estimate of drug-likeness (QED) is 0.816. The summed E-state index contributed by atoms with van der Waals surface area (Å²) in [5, 5.41) is 0. The normalized spacial score (nSPS) is 10.5. The Morgan fingerprint density at radius 2 is 2.22 bits per heavy atom. The molecule has 1 rings (SSSR count). The van der Waals surface area contributed by atoms with Gasteiger partial charge in [0.1, 0.15) is 0 Å². The molecule has 0 aliphatic rings. The van der Waals surface area contributed by atoms with Crippen molar-refractivity contribution < 1.29 is 23.0 Å². The summed E-state index contributed by atoms with van der Waals surface area (Å²) in [4.78, 5) is 15.1. The predicted molar refractivity (Wildman–Crippen MR) is 60.5 cm³/mol. The van der Waals surface area contributed by atoms with Crippen molar-refractivity contribution >= 4 is 11.7 Å². The van der Waals surface area contributed by atoms with Crippen LogP contribution in [0.5, 0.6) is 5.75 Å². The number of carbonyl (C=O) groups excluding carboxylic acids is 1. The molecular formula is C11H14F2N2O3. The Bertz CT molecular complexity index is 439. The van der Waals surface area contributed by atoms with Crippen molar-refractivity contribution in [2.24, 2.45) is 0 Å². The van der Waals surface area contributed by atoms with Crippen LogP contribution in [0.15, 0.2) is 6.20 Å². The van der Waals surface area contributed by atoms with E-state index in [0.29, 0.717) is 0 Å². The lowest BCUT2D eigenvalue weighted by Gasteiger charge is -2.13. The van der Waals surface area contributed by atoms with E-state index in [1.807, 2.05) is 0 Å². The molecule has 7 heteroatoms. The number of nitrogen functional groups attached to an aromatic ring is 1. The molecule has 0 amide bonds. The van der Waals surface area contributed by atoms with Crippen molar-refractivity contribution in [3.8, 4) is 5.75 Å². The van der Waals surface area contributed by atoms with E-state index in [0.717, 1.165) is 6.20 Å². The van der Waals surface area contributed by atoms with Crippen LogP contribution in [0.2, 0.25) is 0 Å². The van der Waals surface area contributed by atoms with E-state index in [-0.39, 0.29) is 30.2 Å². The van der Waals surface area contributed by atoms with E-state index < -0.39 is 18.0 Å². The average molecular weight is 260 g/mol. The second kappa shape index (κ2) is 6.13. The van der Waals surface area contributed by atoms with Crippen LogP contribution < -0.4 is 10.5 Å². The van der Waals surface area contributed by atoms with Crippen molar-refractivity contribution in [2.45, 2.75) is 19.8 Å². The smallest absolute Gasteiger partial charge is 0.312 e. The number of nitrogens with zero attached hydrogens (tertiary/aromatic N) is 1. The van der Waals surface area contributed by atoms with Gasteiger partial charge in [-0.2, -0.15) is 0 Å². The maximum atomic E-state index is 12.6. The minimum absolute atomic E-state index is 0.0131. The van der Waals surface area contributed by atoms with E-state index in [1.54, 1.807) is 6.92 Å². The minimum atomic E-state index is -2.75. The summed E-state index contributed by atoms with van der Waals surface area (Å²) in [6, 6.07) is 0. The van der Waals surface area contributed by atoms with Gasteiger partial charge < -0.3 is 15.2 Å². The van der Waals surface area contributed by atoms with Gasteiger partial charge in [0.15, 0.2) is 5.75 Å².